The Labute approximate surface area is 140 Å². The lowest BCUT2D eigenvalue weighted by atomic mass is 9.93. The summed E-state index contributed by atoms with van der Waals surface area (Å²) in [7, 11) is 1.88. The zero-order valence-electron chi connectivity index (χ0n) is 15.1. The molecule has 1 aliphatic rings. The van der Waals surface area contributed by atoms with Crippen LogP contribution in [0.25, 0.3) is 0 Å². The van der Waals surface area contributed by atoms with Crippen LogP contribution < -0.4 is 5.32 Å². The molecule has 130 valence electrons. The summed E-state index contributed by atoms with van der Waals surface area (Å²) in [4.78, 5) is 16.6. The molecule has 1 fully saturated rings. The first-order chi connectivity index (χ1) is 10.8. The lowest BCUT2D eigenvalue weighted by molar-refractivity contribution is -0.114. The number of nitrogens with zero attached hydrogens (tertiary/aromatic N) is 2. The summed E-state index contributed by atoms with van der Waals surface area (Å²) in [5.74, 6) is 0.903. The number of carbonyl (C=O) groups is 1. The van der Waals surface area contributed by atoms with Crippen molar-refractivity contribution in [2.24, 2.45) is 5.41 Å². The number of anilines is 1. The number of hydrogen-bond acceptors (Lipinski definition) is 5. The Morgan fingerprint density at radius 2 is 2.22 bits per heavy atom. The molecule has 23 heavy (non-hydrogen) atoms. The molecule has 0 aromatic carbocycles. The van der Waals surface area contributed by atoms with Crippen molar-refractivity contribution in [3.05, 3.63) is 23.4 Å². The van der Waals surface area contributed by atoms with Gasteiger partial charge in [-0.3, -0.25) is 4.90 Å². The van der Waals surface area contributed by atoms with E-state index in [1.807, 2.05) is 34.0 Å². The number of hydrogen-bond donors (Lipinski definition) is 2. The fourth-order valence-corrected chi connectivity index (χ4v) is 2.15. The van der Waals surface area contributed by atoms with Crippen LogP contribution in [0, 0.1) is 12.3 Å². The van der Waals surface area contributed by atoms with Gasteiger partial charge >= 0.3 is 0 Å². The van der Waals surface area contributed by atoms with Crippen LogP contribution in [0.4, 0.5) is 5.82 Å². The van der Waals surface area contributed by atoms with Crippen LogP contribution in [0.3, 0.4) is 0 Å². The normalized spacial score (nSPS) is 18.3. The standard InChI is InChI=1S/C12H19N3O.C6H12O/c1-9-6-14-12(13-2)5-10(9)7-15-4-3-11(16)8-15;1-4-6(2,3)5-7/h5-6,11,16H,3-4,7-8H2,1-2H3,(H,13,14);5H,4H2,1-3H3. The van der Waals surface area contributed by atoms with E-state index in [0.29, 0.717) is 0 Å². The Morgan fingerprint density at radius 1 is 1.52 bits per heavy atom. The van der Waals surface area contributed by atoms with E-state index in [-0.39, 0.29) is 11.5 Å². The van der Waals surface area contributed by atoms with Crippen LogP contribution in [0.15, 0.2) is 12.3 Å². The van der Waals surface area contributed by atoms with Gasteiger partial charge in [-0.1, -0.05) is 20.8 Å². The van der Waals surface area contributed by atoms with Gasteiger partial charge in [0.05, 0.1) is 6.10 Å². The number of aldehydes is 1. The van der Waals surface area contributed by atoms with E-state index in [0.717, 1.165) is 44.6 Å². The van der Waals surface area contributed by atoms with Gasteiger partial charge in [-0.15, -0.1) is 0 Å². The van der Waals surface area contributed by atoms with Crippen LogP contribution in [-0.4, -0.2) is 47.5 Å². The van der Waals surface area contributed by atoms with Crippen LogP contribution in [-0.2, 0) is 11.3 Å². The highest BCUT2D eigenvalue weighted by atomic mass is 16.3. The van der Waals surface area contributed by atoms with E-state index < -0.39 is 0 Å². The van der Waals surface area contributed by atoms with Gasteiger partial charge in [-0.25, -0.2) is 4.98 Å². The van der Waals surface area contributed by atoms with E-state index >= 15 is 0 Å². The third-order valence-electron chi connectivity index (χ3n) is 4.34. The van der Waals surface area contributed by atoms with Crippen molar-refractivity contribution in [1.29, 1.82) is 0 Å². The number of aromatic nitrogens is 1. The monoisotopic (exact) mass is 321 g/mol. The fraction of sp³-hybridized carbons (Fsp3) is 0.667. The summed E-state index contributed by atoms with van der Waals surface area (Å²) in [5.41, 5.74) is 2.40. The Balaban J connectivity index is 0.000000322. The molecule has 0 spiro atoms. The SMILES string of the molecule is CCC(C)(C)C=O.CNc1cc(CN2CCC(O)C2)c(C)cn1. The summed E-state index contributed by atoms with van der Waals surface area (Å²) in [6.45, 7) is 10.6. The highest BCUT2D eigenvalue weighted by Gasteiger charge is 2.20. The molecule has 2 heterocycles. The van der Waals surface area contributed by atoms with Crippen molar-refractivity contribution >= 4 is 12.1 Å². The Morgan fingerprint density at radius 3 is 2.65 bits per heavy atom. The zero-order valence-corrected chi connectivity index (χ0v) is 15.1. The van der Waals surface area contributed by atoms with Gasteiger partial charge in [-0.2, -0.15) is 0 Å². The van der Waals surface area contributed by atoms with Crippen molar-refractivity contribution in [1.82, 2.24) is 9.88 Å². The van der Waals surface area contributed by atoms with Crippen molar-refractivity contribution in [3.63, 3.8) is 0 Å². The molecule has 1 aromatic rings. The molecule has 0 saturated carbocycles. The summed E-state index contributed by atoms with van der Waals surface area (Å²) < 4.78 is 0. The number of aliphatic hydroxyl groups is 1. The number of pyridine rings is 1. The molecule has 2 N–H and O–H groups in total. The van der Waals surface area contributed by atoms with Gasteiger partial charge < -0.3 is 15.2 Å². The number of nitrogens with one attached hydrogen (secondary N) is 1. The minimum atomic E-state index is -0.147. The maximum absolute atomic E-state index is 10.1. The maximum atomic E-state index is 10.1. The van der Waals surface area contributed by atoms with Crippen LogP contribution in [0.1, 0.15) is 44.7 Å². The van der Waals surface area contributed by atoms with Gasteiger partial charge in [-0.05, 0) is 37.0 Å². The highest BCUT2D eigenvalue weighted by Crippen LogP contribution is 2.17. The van der Waals surface area contributed by atoms with Crippen molar-refractivity contribution in [3.8, 4) is 0 Å². The fourth-order valence-electron chi connectivity index (χ4n) is 2.15. The molecular formula is C18H31N3O2. The Hall–Kier alpha value is -1.46. The molecular weight excluding hydrogens is 290 g/mol. The number of likely N-dealkylation sites (tertiary alicyclic amines) is 1. The van der Waals surface area contributed by atoms with Crippen molar-refractivity contribution in [2.75, 3.05) is 25.5 Å². The smallest absolute Gasteiger partial charge is 0.125 e. The summed E-state index contributed by atoms with van der Waals surface area (Å²) >= 11 is 0. The topological polar surface area (TPSA) is 65.5 Å². The number of β-amino-alcohol motifs (C(OH)–C–C–N with tert-alkyl or cyclic N) is 1. The second-order valence-corrected chi connectivity index (χ2v) is 6.88. The Bertz CT molecular complexity index is 503. The summed E-state index contributed by atoms with van der Waals surface area (Å²) in [5, 5.41) is 12.5. The molecule has 1 aliphatic heterocycles. The molecule has 2 rings (SSSR count). The predicted octanol–water partition coefficient (Wildman–Crippen LogP) is 2.62. The second kappa shape index (κ2) is 8.99. The van der Waals surface area contributed by atoms with E-state index in [4.69, 9.17) is 0 Å². The lowest BCUT2D eigenvalue weighted by Gasteiger charge is -2.17. The molecule has 0 bridgehead atoms. The molecule has 0 amide bonds. The number of aliphatic hydroxyl groups excluding tert-OH is 1. The zero-order chi connectivity index (χ0) is 17.5. The molecule has 5 heteroatoms. The maximum Gasteiger partial charge on any atom is 0.125 e. The molecule has 0 radical (unpaired) electrons. The van der Waals surface area contributed by atoms with E-state index in [1.165, 1.54) is 11.1 Å². The van der Waals surface area contributed by atoms with E-state index in [9.17, 15) is 9.90 Å². The van der Waals surface area contributed by atoms with Crippen LogP contribution >= 0.6 is 0 Å². The quantitative estimate of drug-likeness (QED) is 0.816. The van der Waals surface area contributed by atoms with Crippen molar-refractivity contribution < 1.29 is 9.90 Å². The lowest BCUT2D eigenvalue weighted by Crippen LogP contribution is -2.22. The predicted molar refractivity (Wildman–Crippen MR) is 94.6 cm³/mol. The van der Waals surface area contributed by atoms with E-state index in [2.05, 4.69) is 28.2 Å². The van der Waals surface area contributed by atoms with E-state index in [1.54, 1.807) is 0 Å². The molecule has 1 atom stereocenters. The van der Waals surface area contributed by atoms with Gasteiger partial charge in [0.2, 0.25) is 0 Å². The van der Waals surface area contributed by atoms with Crippen molar-refractivity contribution in [2.45, 2.75) is 53.2 Å². The number of carbonyl (C=O) groups excluding carboxylic acids is 1. The molecule has 0 aliphatic carbocycles. The third-order valence-corrected chi connectivity index (χ3v) is 4.34. The number of aryl methyl sites for hydroxylation is 1. The molecule has 1 unspecified atom stereocenters. The average Bonchev–Trinajstić information content (AvgIpc) is 2.95. The van der Waals surface area contributed by atoms with Crippen LogP contribution in [0.2, 0.25) is 0 Å². The summed E-state index contributed by atoms with van der Waals surface area (Å²) in [6.07, 6.45) is 4.56. The third kappa shape index (κ3) is 6.67. The van der Waals surface area contributed by atoms with Crippen LogP contribution in [0.5, 0.6) is 0 Å². The van der Waals surface area contributed by atoms with Gasteiger partial charge in [0.25, 0.3) is 0 Å². The first kappa shape index (κ1) is 19.6. The summed E-state index contributed by atoms with van der Waals surface area (Å²) in [6, 6.07) is 2.08. The first-order valence-corrected chi connectivity index (χ1v) is 8.31. The second-order valence-electron chi connectivity index (χ2n) is 6.88. The average molecular weight is 321 g/mol. The number of rotatable bonds is 5. The van der Waals surface area contributed by atoms with Gasteiger partial charge in [0.15, 0.2) is 0 Å². The minimum absolute atomic E-state index is 0.0972. The molecule has 1 saturated heterocycles. The molecule has 1 aromatic heterocycles. The Kier molecular flexibility index (Phi) is 7.65. The molecule has 5 nitrogen and oxygen atoms in total. The highest BCUT2D eigenvalue weighted by molar-refractivity contribution is 5.57. The first-order valence-electron chi connectivity index (χ1n) is 8.31. The van der Waals surface area contributed by atoms with Gasteiger partial charge in [0, 0.05) is 38.3 Å². The minimum Gasteiger partial charge on any atom is -0.392 e. The van der Waals surface area contributed by atoms with Gasteiger partial charge in [0.1, 0.15) is 12.1 Å². The largest absolute Gasteiger partial charge is 0.392 e.